The second kappa shape index (κ2) is 13.2. The second-order valence-corrected chi connectivity index (χ2v) is 12.8. The van der Waals surface area contributed by atoms with Gasteiger partial charge in [-0.15, -0.1) is 11.3 Å². The topological polar surface area (TPSA) is 140 Å². The van der Waals surface area contributed by atoms with Gasteiger partial charge in [-0.25, -0.2) is 18.2 Å². The number of phenolic OH excluding ortho intramolecular Hbond substituents is 1. The maximum Gasteiger partial charge on any atom is 0.431 e. The normalized spacial score (nSPS) is 12.6. The van der Waals surface area contributed by atoms with E-state index in [-0.39, 0.29) is 47.6 Å². The molecule has 3 N–H and O–H groups in total. The Morgan fingerprint density at radius 3 is 2.38 bits per heavy atom. The van der Waals surface area contributed by atoms with E-state index >= 15 is 0 Å². The molecule has 212 valence electrons. The Balaban J connectivity index is 1.73. The third-order valence-electron chi connectivity index (χ3n) is 6.08. The number of hydroxylamine groups is 2. The Hall–Kier alpha value is -3.19. The van der Waals surface area contributed by atoms with E-state index in [9.17, 15) is 28.6 Å². The number of nitrogens with zero attached hydrogens (tertiary/aromatic N) is 3. The monoisotopic (exact) mass is 577 g/mol. The lowest BCUT2D eigenvalue weighted by molar-refractivity contribution is -0.0984. The Bertz CT molecular complexity index is 1360. The van der Waals surface area contributed by atoms with Crippen LogP contribution in [0, 0.1) is 19.8 Å². The van der Waals surface area contributed by atoms with Gasteiger partial charge in [0.25, 0.3) is 0 Å². The highest BCUT2D eigenvalue weighted by Crippen LogP contribution is 2.25. The van der Waals surface area contributed by atoms with Gasteiger partial charge in [0.15, 0.2) is 0 Å². The van der Waals surface area contributed by atoms with Crippen LogP contribution in [0.4, 0.5) is 4.79 Å². The van der Waals surface area contributed by atoms with Gasteiger partial charge in [-0.3, -0.25) is 5.21 Å². The maximum atomic E-state index is 13.4. The molecule has 1 atom stereocenters. The van der Waals surface area contributed by atoms with E-state index < -0.39 is 22.2 Å². The first-order chi connectivity index (χ1) is 18.4. The molecule has 2 aromatic carbocycles. The number of ether oxygens (including phenoxy) is 1. The lowest BCUT2D eigenvalue weighted by Gasteiger charge is -2.29. The Morgan fingerprint density at radius 1 is 1.13 bits per heavy atom. The van der Waals surface area contributed by atoms with Crippen LogP contribution >= 0.6 is 11.3 Å². The van der Waals surface area contributed by atoms with Crippen LogP contribution in [0.2, 0.25) is 0 Å². The van der Waals surface area contributed by atoms with Gasteiger partial charge in [0.2, 0.25) is 10.0 Å². The molecule has 12 heteroatoms. The highest BCUT2D eigenvalue weighted by atomic mass is 32.2. The van der Waals surface area contributed by atoms with Crippen molar-refractivity contribution in [3.8, 4) is 11.5 Å². The van der Waals surface area contributed by atoms with E-state index in [1.807, 2.05) is 26.2 Å². The SMILES string of the molecule is Cc1nc(COc2ccc(CC(CCN(CC(C)C)S(=O)(=O)c3ccc(O)c(C)c3)N(O)C(=O)O)cc2)cs1. The minimum atomic E-state index is -3.93. The van der Waals surface area contributed by atoms with Crippen molar-refractivity contribution in [3.05, 3.63) is 69.7 Å². The molecule has 3 rings (SSSR count). The van der Waals surface area contributed by atoms with Gasteiger partial charge in [-0.05, 0) is 74.1 Å². The predicted octanol–water partition coefficient (Wildman–Crippen LogP) is 5.06. The van der Waals surface area contributed by atoms with Crippen LogP contribution in [0.25, 0.3) is 0 Å². The van der Waals surface area contributed by atoms with Crippen molar-refractivity contribution in [2.75, 3.05) is 13.1 Å². The van der Waals surface area contributed by atoms with Crippen LogP contribution < -0.4 is 4.74 Å². The first kappa shape index (κ1) is 30.4. The number of carboxylic acid groups (broad SMARTS) is 1. The number of aryl methyl sites for hydroxylation is 2. The van der Waals surface area contributed by atoms with Crippen LogP contribution in [-0.2, 0) is 23.1 Å². The molecule has 10 nitrogen and oxygen atoms in total. The van der Waals surface area contributed by atoms with Crippen molar-refractivity contribution in [1.82, 2.24) is 14.4 Å². The number of thiazole rings is 1. The van der Waals surface area contributed by atoms with Crippen LogP contribution in [0.15, 0.2) is 52.7 Å². The zero-order valence-corrected chi connectivity index (χ0v) is 24.1. The fourth-order valence-electron chi connectivity index (χ4n) is 4.04. The van der Waals surface area contributed by atoms with Crippen molar-refractivity contribution in [1.29, 1.82) is 0 Å². The Labute approximate surface area is 233 Å². The van der Waals surface area contributed by atoms with Crippen LogP contribution in [0.5, 0.6) is 11.5 Å². The third-order valence-corrected chi connectivity index (χ3v) is 8.76. The van der Waals surface area contributed by atoms with E-state index in [4.69, 9.17) is 4.74 Å². The number of aromatic hydroxyl groups is 1. The second-order valence-electron chi connectivity index (χ2n) is 9.77. The predicted molar refractivity (Wildman–Crippen MR) is 148 cm³/mol. The van der Waals surface area contributed by atoms with Gasteiger partial charge in [0.1, 0.15) is 18.1 Å². The molecule has 0 radical (unpaired) electrons. The molecule has 1 aromatic heterocycles. The quantitative estimate of drug-likeness (QED) is 0.189. The van der Waals surface area contributed by atoms with Crippen molar-refractivity contribution >= 4 is 27.5 Å². The zero-order chi connectivity index (χ0) is 28.7. The third kappa shape index (κ3) is 8.40. The number of benzene rings is 2. The molecule has 0 saturated carbocycles. The summed E-state index contributed by atoms with van der Waals surface area (Å²) in [6, 6.07) is 10.3. The molecule has 1 amide bonds. The molecule has 1 heterocycles. The van der Waals surface area contributed by atoms with Gasteiger partial charge in [0, 0.05) is 18.5 Å². The molecular weight excluding hydrogens is 542 g/mol. The largest absolute Gasteiger partial charge is 0.508 e. The van der Waals surface area contributed by atoms with Crippen molar-refractivity contribution < 1.29 is 33.4 Å². The highest BCUT2D eigenvalue weighted by molar-refractivity contribution is 7.89. The number of phenols is 1. The summed E-state index contributed by atoms with van der Waals surface area (Å²) >= 11 is 1.55. The molecule has 0 aliphatic heterocycles. The van der Waals surface area contributed by atoms with Gasteiger partial charge >= 0.3 is 6.09 Å². The number of amides is 1. The molecule has 0 bridgehead atoms. The molecule has 0 saturated heterocycles. The molecule has 39 heavy (non-hydrogen) atoms. The van der Waals surface area contributed by atoms with Gasteiger partial charge in [-0.1, -0.05) is 26.0 Å². The van der Waals surface area contributed by atoms with Crippen LogP contribution in [0.3, 0.4) is 0 Å². The molecular formula is C27H35N3O7S2. The van der Waals surface area contributed by atoms with E-state index in [0.717, 1.165) is 16.3 Å². The van der Waals surface area contributed by atoms with E-state index in [1.54, 1.807) is 42.5 Å². The van der Waals surface area contributed by atoms with E-state index in [2.05, 4.69) is 4.98 Å². The van der Waals surface area contributed by atoms with Crippen LogP contribution in [0.1, 0.15) is 42.1 Å². The first-order valence-electron chi connectivity index (χ1n) is 12.5. The zero-order valence-electron chi connectivity index (χ0n) is 22.4. The average Bonchev–Trinajstić information content (AvgIpc) is 3.30. The summed E-state index contributed by atoms with van der Waals surface area (Å²) in [6.07, 6.45) is -1.29. The van der Waals surface area contributed by atoms with Crippen molar-refractivity contribution in [2.24, 2.45) is 5.92 Å². The number of carbonyl (C=O) groups is 1. The summed E-state index contributed by atoms with van der Waals surface area (Å²) in [7, 11) is -3.93. The number of rotatable bonds is 13. The lowest BCUT2D eigenvalue weighted by atomic mass is 10.0. The first-order valence-corrected chi connectivity index (χ1v) is 14.8. The van der Waals surface area contributed by atoms with E-state index in [0.29, 0.717) is 17.9 Å². The number of hydrogen-bond acceptors (Lipinski definition) is 8. The minimum Gasteiger partial charge on any atom is -0.508 e. The highest BCUT2D eigenvalue weighted by Gasteiger charge is 2.29. The molecule has 0 fully saturated rings. The van der Waals surface area contributed by atoms with Crippen LogP contribution in [-0.4, -0.2) is 63.4 Å². The smallest absolute Gasteiger partial charge is 0.431 e. The van der Waals surface area contributed by atoms with Crippen molar-refractivity contribution in [3.63, 3.8) is 0 Å². The van der Waals surface area contributed by atoms with E-state index in [1.165, 1.54) is 22.5 Å². The maximum absolute atomic E-state index is 13.4. The molecule has 0 aliphatic rings. The standard InChI is InChI=1S/C27H35N3O7S2/c1-18(2)15-29(39(35,36)25-9-10-26(31)19(3)13-25)12-11-23(30(34)27(32)33)14-21-5-7-24(8-6-21)37-16-22-17-38-20(4)28-22/h5-10,13,17-18,23,31,34H,11-12,14-16H2,1-4H3,(H,32,33). The summed E-state index contributed by atoms with van der Waals surface area (Å²) < 4.78 is 33.9. The average molecular weight is 578 g/mol. The summed E-state index contributed by atoms with van der Waals surface area (Å²) in [5.74, 6) is 0.622. The van der Waals surface area contributed by atoms with Gasteiger partial charge < -0.3 is 14.9 Å². The minimum absolute atomic E-state index is 0.00174. The Morgan fingerprint density at radius 2 is 1.82 bits per heavy atom. The molecule has 0 spiro atoms. The van der Waals surface area contributed by atoms with Gasteiger partial charge in [-0.2, -0.15) is 9.37 Å². The summed E-state index contributed by atoms with van der Waals surface area (Å²) in [5.41, 5.74) is 2.02. The summed E-state index contributed by atoms with van der Waals surface area (Å²) in [4.78, 5) is 16.0. The molecule has 1 unspecified atom stereocenters. The number of hydrogen-bond donors (Lipinski definition) is 3. The van der Waals surface area contributed by atoms with Gasteiger partial charge in [0.05, 0.1) is 21.6 Å². The number of sulfonamides is 1. The molecule has 3 aromatic rings. The fourth-order valence-corrected chi connectivity index (χ4v) is 6.34. The lowest BCUT2D eigenvalue weighted by Crippen LogP contribution is -2.42. The van der Waals surface area contributed by atoms with Crippen molar-refractivity contribution in [2.45, 2.75) is 58.1 Å². The number of aromatic nitrogens is 1. The summed E-state index contributed by atoms with van der Waals surface area (Å²) in [6.45, 7) is 7.84. The molecule has 0 aliphatic carbocycles. The summed E-state index contributed by atoms with van der Waals surface area (Å²) in [5, 5.41) is 32.7. The fraction of sp³-hybridized carbons (Fsp3) is 0.407. The Kier molecular flexibility index (Phi) is 10.3.